The van der Waals surface area contributed by atoms with Gasteiger partial charge >= 0.3 is 0 Å². The van der Waals surface area contributed by atoms with E-state index in [1.807, 2.05) is 13.0 Å². The van der Waals surface area contributed by atoms with E-state index in [0.717, 1.165) is 30.4 Å². The predicted molar refractivity (Wildman–Crippen MR) is 71.9 cm³/mol. The Bertz CT molecular complexity index is 347. The van der Waals surface area contributed by atoms with Crippen LogP contribution in [-0.4, -0.2) is 48.0 Å². The topological polar surface area (TPSA) is 79.3 Å². The summed E-state index contributed by atoms with van der Waals surface area (Å²) < 4.78 is 5.16. The Balaban J connectivity index is 2.41. The number of ether oxygens (including phenoxy) is 1. The lowest BCUT2D eigenvalue weighted by molar-refractivity contribution is 0.0992. The highest BCUT2D eigenvalue weighted by atomic mass is 16.5. The van der Waals surface area contributed by atoms with Crippen molar-refractivity contribution in [2.24, 2.45) is 0 Å². The highest BCUT2D eigenvalue weighted by molar-refractivity contribution is 5.47. The van der Waals surface area contributed by atoms with Gasteiger partial charge < -0.3 is 20.5 Å². The van der Waals surface area contributed by atoms with Crippen LogP contribution in [0.4, 0.5) is 11.6 Å². The van der Waals surface area contributed by atoms with Crippen molar-refractivity contribution in [3.63, 3.8) is 0 Å². The molecule has 0 saturated heterocycles. The summed E-state index contributed by atoms with van der Waals surface area (Å²) in [6, 6.07) is 1.88. The molecule has 0 aromatic carbocycles. The fourth-order valence-corrected chi connectivity index (χ4v) is 1.42. The summed E-state index contributed by atoms with van der Waals surface area (Å²) in [6.45, 7) is 6.50. The molecule has 0 bridgehead atoms. The van der Waals surface area contributed by atoms with Crippen LogP contribution in [0, 0.1) is 6.92 Å². The second kappa shape index (κ2) is 8.66. The first-order valence-electron chi connectivity index (χ1n) is 6.28. The highest BCUT2D eigenvalue weighted by Gasteiger charge is 2.00. The molecule has 102 valence electrons. The molecule has 0 atom stereocenters. The van der Waals surface area contributed by atoms with Gasteiger partial charge in [0.05, 0.1) is 19.8 Å². The van der Waals surface area contributed by atoms with Crippen LogP contribution in [0.25, 0.3) is 0 Å². The number of rotatable bonds is 9. The maximum atomic E-state index is 8.56. The first-order chi connectivity index (χ1) is 8.76. The lowest BCUT2D eigenvalue weighted by Crippen LogP contribution is -2.13. The third kappa shape index (κ3) is 5.79. The fourth-order valence-electron chi connectivity index (χ4n) is 1.42. The van der Waals surface area contributed by atoms with Gasteiger partial charge in [-0.1, -0.05) is 6.92 Å². The number of aliphatic hydroxyl groups is 1. The standard InChI is InChI=1S/C12H22N4O2/c1-3-4-13-11-9-12(16-10(2)15-11)14-5-7-18-8-6-17/h9,17H,3-8H2,1-2H3,(H2,13,14,15,16). The lowest BCUT2D eigenvalue weighted by atomic mass is 10.4. The van der Waals surface area contributed by atoms with E-state index < -0.39 is 0 Å². The number of aryl methyl sites for hydroxylation is 1. The summed E-state index contributed by atoms with van der Waals surface area (Å²) in [4.78, 5) is 8.60. The summed E-state index contributed by atoms with van der Waals surface area (Å²) in [5.74, 6) is 2.35. The molecule has 6 nitrogen and oxygen atoms in total. The smallest absolute Gasteiger partial charge is 0.131 e. The molecular weight excluding hydrogens is 232 g/mol. The van der Waals surface area contributed by atoms with Crippen molar-refractivity contribution in [3.8, 4) is 0 Å². The second-order valence-corrected chi connectivity index (χ2v) is 3.88. The third-order valence-electron chi connectivity index (χ3n) is 2.18. The summed E-state index contributed by atoms with van der Waals surface area (Å²) in [6.07, 6.45) is 1.06. The minimum atomic E-state index is 0.0533. The van der Waals surface area contributed by atoms with E-state index in [1.54, 1.807) is 0 Å². The van der Waals surface area contributed by atoms with Crippen molar-refractivity contribution < 1.29 is 9.84 Å². The van der Waals surface area contributed by atoms with Crippen LogP contribution in [0.2, 0.25) is 0 Å². The van der Waals surface area contributed by atoms with Gasteiger partial charge in [0.2, 0.25) is 0 Å². The molecule has 0 fully saturated rings. The normalized spacial score (nSPS) is 10.4. The van der Waals surface area contributed by atoms with Crippen LogP contribution in [-0.2, 0) is 4.74 Å². The van der Waals surface area contributed by atoms with Crippen molar-refractivity contribution in [2.45, 2.75) is 20.3 Å². The molecule has 0 spiro atoms. The lowest BCUT2D eigenvalue weighted by Gasteiger charge is -2.09. The number of nitrogens with zero attached hydrogens (tertiary/aromatic N) is 2. The first-order valence-corrected chi connectivity index (χ1v) is 6.28. The average Bonchev–Trinajstić information content (AvgIpc) is 2.35. The molecule has 1 aromatic rings. The molecule has 3 N–H and O–H groups in total. The van der Waals surface area contributed by atoms with Crippen molar-refractivity contribution in [1.82, 2.24) is 9.97 Å². The SMILES string of the molecule is CCCNc1cc(NCCOCCO)nc(C)n1. The number of hydrogen-bond donors (Lipinski definition) is 3. The summed E-state index contributed by atoms with van der Waals surface area (Å²) in [5.41, 5.74) is 0. The van der Waals surface area contributed by atoms with E-state index in [0.29, 0.717) is 19.8 Å². The summed E-state index contributed by atoms with van der Waals surface area (Å²) >= 11 is 0. The number of nitrogens with one attached hydrogen (secondary N) is 2. The van der Waals surface area contributed by atoms with Gasteiger partial charge in [-0.2, -0.15) is 0 Å². The second-order valence-electron chi connectivity index (χ2n) is 3.88. The Morgan fingerprint density at radius 3 is 2.44 bits per heavy atom. The largest absolute Gasteiger partial charge is 0.394 e. The van der Waals surface area contributed by atoms with Gasteiger partial charge in [0.1, 0.15) is 17.5 Å². The van der Waals surface area contributed by atoms with Gasteiger partial charge in [-0.15, -0.1) is 0 Å². The first kappa shape index (κ1) is 14.7. The van der Waals surface area contributed by atoms with Crippen LogP contribution in [0.5, 0.6) is 0 Å². The number of aliphatic hydroxyl groups excluding tert-OH is 1. The van der Waals surface area contributed by atoms with Gasteiger partial charge in [0.25, 0.3) is 0 Å². The molecule has 0 saturated carbocycles. The van der Waals surface area contributed by atoms with Gasteiger partial charge in [0, 0.05) is 19.2 Å². The molecule has 18 heavy (non-hydrogen) atoms. The minimum Gasteiger partial charge on any atom is -0.394 e. The monoisotopic (exact) mass is 254 g/mol. The molecule has 1 heterocycles. The summed E-state index contributed by atoms with van der Waals surface area (Å²) in [5, 5.41) is 15.0. The van der Waals surface area contributed by atoms with E-state index in [1.165, 1.54) is 0 Å². The fraction of sp³-hybridized carbons (Fsp3) is 0.667. The van der Waals surface area contributed by atoms with Crippen molar-refractivity contribution >= 4 is 11.6 Å². The maximum absolute atomic E-state index is 8.56. The summed E-state index contributed by atoms with van der Waals surface area (Å²) in [7, 11) is 0. The molecule has 0 unspecified atom stereocenters. The quantitative estimate of drug-likeness (QED) is 0.571. The van der Waals surface area contributed by atoms with Gasteiger partial charge in [-0.25, -0.2) is 9.97 Å². The highest BCUT2D eigenvalue weighted by Crippen LogP contribution is 2.10. The molecular formula is C12H22N4O2. The van der Waals surface area contributed by atoms with Crippen LogP contribution < -0.4 is 10.6 Å². The zero-order chi connectivity index (χ0) is 13.2. The number of hydrogen-bond acceptors (Lipinski definition) is 6. The Morgan fingerprint density at radius 2 is 1.83 bits per heavy atom. The van der Waals surface area contributed by atoms with E-state index >= 15 is 0 Å². The molecule has 1 rings (SSSR count). The van der Waals surface area contributed by atoms with E-state index in [-0.39, 0.29) is 6.61 Å². The van der Waals surface area contributed by atoms with Crippen LogP contribution in [0.1, 0.15) is 19.2 Å². The maximum Gasteiger partial charge on any atom is 0.131 e. The van der Waals surface area contributed by atoms with Gasteiger partial charge in [-0.05, 0) is 13.3 Å². The molecule has 0 aliphatic heterocycles. The Hall–Kier alpha value is -1.40. The van der Waals surface area contributed by atoms with Crippen molar-refractivity contribution in [3.05, 3.63) is 11.9 Å². The third-order valence-corrected chi connectivity index (χ3v) is 2.18. The Morgan fingerprint density at radius 1 is 1.17 bits per heavy atom. The molecule has 1 aromatic heterocycles. The van der Waals surface area contributed by atoms with Crippen molar-refractivity contribution in [2.75, 3.05) is 43.5 Å². The Labute approximate surface area is 108 Å². The van der Waals surface area contributed by atoms with Crippen LogP contribution in [0.15, 0.2) is 6.07 Å². The zero-order valence-corrected chi connectivity index (χ0v) is 11.1. The van der Waals surface area contributed by atoms with Crippen LogP contribution >= 0.6 is 0 Å². The zero-order valence-electron chi connectivity index (χ0n) is 11.1. The van der Waals surface area contributed by atoms with Crippen molar-refractivity contribution in [1.29, 1.82) is 0 Å². The van der Waals surface area contributed by atoms with Crippen LogP contribution in [0.3, 0.4) is 0 Å². The number of anilines is 2. The molecule has 0 amide bonds. The van der Waals surface area contributed by atoms with E-state index in [9.17, 15) is 0 Å². The minimum absolute atomic E-state index is 0.0533. The average molecular weight is 254 g/mol. The molecule has 0 radical (unpaired) electrons. The van der Waals surface area contributed by atoms with Gasteiger partial charge in [-0.3, -0.25) is 0 Å². The molecule has 0 aliphatic rings. The van der Waals surface area contributed by atoms with E-state index in [2.05, 4.69) is 27.5 Å². The number of aromatic nitrogens is 2. The van der Waals surface area contributed by atoms with Gasteiger partial charge in [0.15, 0.2) is 0 Å². The molecule has 0 aliphatic carbocycles. The van der Waals surface area contributed by atoms with E-state index in [4.69, 9.17) is 9.84 Å². The Kier molecular flexibility index (Phi) is 7.05. The molecule has 6 heteroatoms. The predicted octanol–water partition coefficient (Wildman–Crippen LogP) is 1.03.